The topological polar surface area (TPSA) is 40.5 Å². The molecule has 0 aromatic heterocycles. The normalized spacial score (nSPS) is 12.1. The molecule has 0 atom stereocenters. The fraction of sp³-hybridized carbons (Fsp3) is 0.167. The summed E-state index contributed by atoms with van der Waals surface area (Å²) in [6.07, 6.45) is 1.31. The summed E-state index contributed by atoms with van der Waals surface area (Å²) in [6.45, 7) is 0.294. The van der Waals surface area contributed by atoms with E-state index in [4.69, 9.17) is 0 Å². The molecule has 0 bridgehead atoms. The molecule has 0 aliphatic heterocycles. The van der Waals surface area contributed by atoms with Crippen molar-refractivity contribution in [3.8, 4) is 0 Å². The third kappa shape index (κ3) is 2.06. The van der Waals surface area contributed by atoms with E-state index in [0.717, 1.165) is 0 Å². The molecule has 5 aromatic carbocycles. The van der Waals surface area contributed by atoms with E-state index < -0.39 is 0 Å². The van der Waals surface area contributed by atoms with E-state index in [0.29, 0.717) is 12.8 Å². The van der Waals surface area contributed by atoms with Crippen molar-refractivity contribution < 1.29 is 10.2 Å². The van der Waals surface area contributed by atoms with E-state index in [-0.39, 0.29) is 13.2 Å². The summed E-state index contributed by atoms with van der Waals surface area (Å²) >= 11 is 0. The van der Waals surface area contributed by atoms with Gasteiger partial charge in [0.1, 0.15) is 0 Å². The molecule has 2 heteroatoms. The Hall–Kier alpha value is -2.68. The minimum absolute atomic E-state index is 0.147. The number of fused-ring (bicyclic) bond motifs is 2. The van der Waals surface area contributed by atoms with Gasteiger partial charge in [0, 0.05) is 13.2 Å². The van der Waals surface area contributed by atoms with Crippen LogP contribution in [-0.2, 0) is 12.8 Å². The largest absolute Gasteiger partial charge is 0.396 e. The van der Waals surface area contributed by atoms with Crippen LogP contribution in [-0.4, -0.2) is 23.4 Å². The van der Waals surface area contributed by atoms with E-state index in [1.165, 1.54) is 54.2 Å². The predicted octanol–water partition coefficient (Wildman–Crippen LogP) is 4.81. The van der Waals surface area contributed by atoms with E-state index in [1.807, 2.05) is 0 Å². The van der Waals surface area contributed by atoms with Crippen molar-refractivity contribution in [1.82, 2.24) is 0 Å². The van der Waals surface area contributed by atoms with Crippen LogP contribution in [0.2, 0.25) is 0 Å². The number of benzene rings is 5. The van der Waals surface area contributed by atoms with Gasteiger partial charge >= 0.3 is 0 Å². The lowest BCUT2D eigenvalue weighted by Gasteiger charge is -2.19. The van der Waals surface area contributed by atoms with Crippen LogP contribution >= 0.6 is 0 Å². The lowest BCUT2D eigenvalue weighted by molar-refractivity contribution is 0.299. The second-order valence-electron chi connectivity index (χ2n) is 6.95. The van der Waals surface area contributed by atoms with E-state index in [1.54, 1.807) is 0 Å². The molecule has 128 valence electrons. The molecule has 26 heavy (non-hydrogen) atoms. The van der Waals surface area contributed by atoms with Gasteiger partial charge in [-0.1, -0.05) is 60.7 Å². The fourth-order valence-corrected chi connectivity index (χ4v) is 4.53. The zero-order valence-corrected chi connectivity index (χ0v) is 14.5. The monoisotopic (exact) mass is 340 g/mol. The number of aliphatic hydroxyl groups excluding tert-OH is 2. The standard InChI is InChI=1S/C24H20O2/c25-13-11-17-10-8-16-4-2-6-20-22(16)23(17)19-5-1-3-15-7-9-18(12-14-26)24(20)21(15)19/h1-10,25-26H,11-14H2. The van der Waals surface area contributed by atoms with Crippen LogP contribution in [0.1, 0.15) is 11.1 Å². The van der Waals surface area contributed by atoms with Crippen molar-refractivity contribution in [2.24, 2.45) is 0 Å². The van der Waals surface area contributed by atoms with Gasteiger partial charge < -0.3 is 10.2 Å². The van der Waals surface area contributed by atoms with Gasteiger partial charge in [0.2, 0.25) is 0 Å². The molecule has 0 unspecified atom stereocenters. The molecule has 5 aromatic rings. The molecule has 0 aliphatic rings. The van der Waals surface area contributed by atoms with Crippen LogP contribution in [0.25, 0.3) is 43.1 Å². The van der Waals surface area contributed by atoms with Crippen LogP contribution in [0.15, 0.2) is 60.7 Å². The Morgan fingerprint density at radius 3 is 1.38 bits per heavy atom. The summed E-state index contributed by atoms with van der Waals surface area (Å²) in [7, 11) is 0. The van der Waals surface area contributed by atoms with Crippen LogP contribution < -0.4 is 0 Å². The SMILES string of the molecule is OCCc1ccc2cccc3c4c(CCO)ccc5cccc(c1c23)c54. The smallest absolute Gasteiger partial charge is 0.0471 e. The van der Waals surface area contributed by atoms with Gasteiger partial charge in [-0.05, 0) is 67.1 Å². The highest BCUT2D eigenvalue weighted by Crippen LogP contribution is 2.43. The lowest BCUT2D eigenvalue weighted by atomic mass is 9.85. The molecule has 0 saturated heterocycles. The number of hydrogen-bond acceptors (Lipinski definition) is 2. The van der Waals surface area contributed by atoms with Crippen LogP contribution in [0.4, 0.5) is 0 Å². The maximum atomic E-state index is 9.57. The minimum Gasteiger partial charge on any atom is -0.396 e. The van der Waals surface area contributed by atoms with Crippen molar-refractivity contribution in [3.63, 3.8) is 0 Å². The molecule has 0 fully saturated rings. The molecule has 0 spiro atoms. The minimum atomic E-state index is 0.147. The van der Waals surface area contributed by atoms with Crippen molar-refractivity contribution in [2.45, 2.75) is 12.8 Å². The first-order valence-corrected chi connectivity index (χ1v) is 9.15. The van der Waals surface area contributed by atoms with Crippen molar-refractivity contribution >= 4 is 43.1 Å². The highest BCUT2D eigenvalue weighted by atomic mass is 16.3. The second-order valence-corrected chi connectivity index (χ2v) is 6.95. The average Bonchev–Trinajstić information content (AvgIpc) is 2.67. The van der Waals surface area contributed by atoms with Crippen LogP contribution in [0, 0.1) is 0 Å². The zero-order valence-electron chi connectivity index (χ0n) is 14.5. The first kappa shape index (κ1) is 15.6. The average molecular weight is 340 g/mol. The van der Waals surface area contributed by atoms with Gasteiger partial charge in [-0.15, -0.1) is 0 Å². The third-order valence-corrected chi connectivity index (χ3v) is 5.56. The second kappa shape index (κ2) is 5.94. The summed E-state index contributed by atoms with van der Waals surface area (Å²) in [4.78, 5) is 0. The molecule has 5 rings (SSSR count). The van der Waals surface area contributed by atoms with Gasteiger partial charge in [0.05, 0.1) is 0 Å². The first-order chi connectivity index (χ1) is 12.8. The molecule has 0 aliphatic carbocycles. The number of aliphatic hydroxyl groups is 2. The highest BCUT2D eigenvalue weighted by Gasteiger charge is 2.17. The van der Waals surface area contributed by atoms with Gasteiger partial charge in [0.15, 0.2) is 0 Å². The Labute approximate surface area is 151 Å². The predicted molar refractivity (Wildman–Crippen MR) is 109 cm³/mol. The fourth-order valence-electron chi connectivity index (χ4n) is 4.53. The summed E-state index contributed by atoms with van der Waals surface area (Å²) in [5.41, 5.74) is 2.39. The maximum Gasteiger partial charge on any atom is 0.0471 e. The van der Waals surface area contributed by atoms with Gasteiger partial charge in [0.25, 0.3) is 0 Å². The van der Waals surface area contributed by atoms with Crippen LogP contribution in [0.5, 0.6) is 0 Å². The Kier molecular flexibility index (Phi) is 3.56. The summed E-state index contributed by atoms with van der Waals surface area (Å²) in [5.74, 6) is 0. The van der Waals surface area contributed by atoms with E-state index in [2.05, 4.69) is 60.7 Å². The molecule has 0 saturated carbocycles. The molecule has 0 amide bonds. The Morgan fingerprint density at radius 1 is 0.500 bits per heavy atom. The van der Waals surface area contributed by atoms with Gasteiger partial charge in [-0.3, -0.25) is 0 Å². The Balaban J connectivity index is 2.14. The van der Waals surface area contributed by atoms with Crippen LogP contribution in [0.3, 0.4) is 0 Å². The molecule has 0 heterocycles. The third-order valence-electron chi connectivity index (χ3n) is 5.56. The summed E-state index contributed by atoms with van der Waals surface area (Å²) in [6, 6.07) is 21.6. The van der Waals surface area contributed by atoms with Gasteiger partial charge in [-0.2, -0.15) is 0 Å². The zero-order chi connectivity index (χ0) is 17.7. The first-order valence-electron chi connectivity index (χ1n) is 9.15. The molecular weight excluding hydrogens is 320 g/mol. The summed E-state index contributed by atoms with van der Waals surface area (Å²) in [5, 5.41) is 29.1. The molecule has 2 N–H and O–H groups in total. The molecule has 2 nitrogen and oxygen atoms in total. The van der Waals surface area contributed by atoms with E-state index >= 15 is 0 Å². The van der Waals surface area contributed by atoms with E-state index in [9.17, 15) is 10.2 Å². The van der Waals surface area contributed by atoms with Crippen molar-refractivity contribution in [2.75, 3.05) is 13.2 Å². The number of hydrogen-bond donors (Lipinski definition) is 2. The summed E-state index contributed by atoms with van der Waals surface area (Å²) < 4.78 is 0. The van der Waals surface area contributed by atoms with Crippen molar-refractivity contribution in [1.29, 1.82) is 0 Å². The highest BCUT2D eigenvalue weighted by molar-refractivity contribution is 6.34. The molecular formula is C24H20O2. The quantitative estimate of drug-likeness (QED) is 0.364. The van der Waals surface area contributed by atoms with Gasteiger partial charge in [-0.25, -0.2) is 0 Å². The number of rotatable bonds is 4. The Bertz CT molecular complexity index is 1150. The maximum absolute atomic E-state index is 9.57. The lowest BCUT2D eigenvalue weighted by Crippen LogP contribution is -1.98. The van der Waals surface area contributed by atoms with Crippen molar-refractivity contribution in [3.05, 3.63) is 71.8 Å². The molecule has 0 radical (unpaired) electrons. The Morgan fingerprint density at radius 2 is 0.962 bits per heavy atom.